The molecule has 1 aromatic carbocycles. The highest BCUT2D eigenvalue weighted by Crippen LogP contribution is 2.18. The highest BCUT2D eigenvalue weighted by Gasteiger charge is 2.12. The van der Waals surface area contributed by atoms with Crippen molar-refractivity contribution < 1.29 is 13.6 Å². The third-order valence-corrected chi connectivity index (χ3v) is 4.76. The summed E-state index contributed by atoms with van der Waals surface area (Å²) in [6.45, 7) is 6.29. The molecule has 1 unspecified atom stereocenters. The number of aryl methyl sites for hydroxylation is 2. The molecule has 0 spiro atoms. The molecule has 0 radical (unpaired) electrons. The monoisotopic (exact) mass is 353 g/mol. The van der Waals surface area contributed by atoms with E-state index < -0.39 is 17.7 Å². The summed E-state index contributed by atoms with van der Waals surface area (Å²) in [5.41, 5.74) is 1.61. The van der Waals surface area contributed by atoms with Crippen molar-refractivity contribution in [1.82, 2.24) is 15.6 Å². The van der Waals surface area contributed by atoms with Gasteiger partial charge in [-0.3, -0.25) is 0 Å². The molecule has 0 fully saturated rings. The van der Waals surface area contributed by atoms with Crippen LogP contribution in [-0.2, 0) is 12.8 Å². The molecule has 2 rings (SSSR count). The minimum atomic E-state index is -0.924. The van der Waals surface area contributed by atoms with E-state index in [1.165, 1.54) is 10.9 Å². The van der Waals surface area contributed by atoms with Crippen LogP contribution in [0.5, 0.6) is 0 Å². The fraction of sp³-hybridized carbons (Fsp3) is 0.412. The summed E-state index contributed by atoms with van der Waals surface area (Å²) in [6.07, 6.45) is 1.57. The van der Waals surface area contributed by atoms with Crippen LogP contribution in [0.1, 0.15) is 41.0 Å². The van der Waals surface area contributed by atoms with Gasteiger partial charge in [-0.2, -0.15) is 0 Å². The Hall–Kier alpha value is -2.02. The summed E-state index contributed by atoms with van der Waals surface area (Å²) in [5.74, 6) is -1.83. The first-order chi connectivity index (χ1) is 11.4. The van der Waals surface area contributed by atoms with Crippen molar-refractivity contribution >= 4 is 17.4 Å². The largest absolute Gasteiger partial charge is 0.338 e. The average molecular weight is 353 g/mol. The highest BCUT2D eigenvalue weighted by atomic mass is 32.1. The Morgan fingerprint density at radius 2 is 2.08 bits per heavy atom. The van der Waals surface area contributed by atoms with Crippen molar-refractivity contribution in [2.75, 3.05) is 6.54 Å². The number of thiazole rings is 1. The number of aromatic nitrogens is 1. The summed E-state index contributed by atoms with van der Waals surface area (Å²) >= 11 is 1.64. The number of rotatable bonds is 6. The quantitative estimate of drug-likeness (QED) is 0.828. The first-order valence-corrected chi connectivity index (χ1v) is 8.66. The van der Waals surface area contributed by atoms with Gasteiger partial charge in [0.25, 0.3) is 0 Å². The molecule has 4 nitrogen and oxygen atoms in total. The molecule has 2 N–H and O–H groups in total. The molecule has 1 heterocycles. The van der Waals surface area contributed by atoms with Crippen molar-refractivity contribution in [1.29, 1.82) is 0 Å². The number of carbonyl (C=O) groups is 1. The van der Waals surface area contributed by atoms with Gasteiger partial charge in [0, 0.05) is 17.8 Å². The molecule has 0 aliphatic carbocycles. The number of amides is 2. The minimum absolute atomic E-state index is 0.351. The van der Waals surface area contributed by atoms with E-state index in [1.807, 2.05) is 6.92 Å². The summed E-state index contributed by atoms with van der Waals surface area (Å²) < 4.78 is 26.2. The van der Waals surface area contributed by atoms with Crippen LogP contribution in [0.2, 0.25) is 0 Å². The topological polar surface area (TPSA) is 54.0 Å². The third kappa shape index (κ3) is 4.74. The number of benzene rings is 1. The number of hydrogen-bond acceptors (Lipinski definition) is 3. The summed E-state index contributed by atoms with van der Waals surface area (Å²) in [7, 11) is 0. The maximum absolute atomic E-state index is 13.2. The zero-order chi connectivity index (χ0) is 17.7. The van der Waals surface area contributed by atoms with Crippen LogP contribution in [0.15, 0.2) is 18.2 Å². The van der Waals surface area contributed by atoms with E-state index in [2.05, 4.69) is 22.5 Å². The van der Waals surface area contributed by atoms with Crippen molar-refractivity contribution in [3.05, 3.63) is 51.0 Å². The molecule has 130 valence electrons. The van der Waals surface area contributed by atoms with Crippen LogP contribution in [0.25, 0.3) is 0 Å². The van der Waals surface area contributed by atoms with E-state index in [1.54, 1.807) is 18.3 Å². The molecule has 0 bridgehead atoms. The number of hydrogen-bond donors (Lipinski definition) is 2. The van der Waals surface area contributed by atoms with E-state index in [0.717, 1.165) is 29.3 Å². The van der Waals surface area contributed by atoms with Gasteiger partial charge in [-0.05, 0) is 38.0 Å². The van der Waals surface area contributed by atoms with E-state index in [-0.39, 0.29) is 6.03 Å². The molecule has 0 saturated carbocycles. The second-order valence-corrected chi connectivity index (χ2v) is 6.80. The summed E-state index contributed by atoms with van der Waals surface area (Å²) in [5, 5.41) is 6.45. The average Bonchev–Trinajstić information content (AvgIpc) is 2.89. The molecule has 1 atom stereocenters. The van der Waals surface area contributed by atoms with Gasteiger partial charge in [-0.1, -0.05) is 13.0 Å². The Morgan fingerprint density at radius 1 is 1.33 bits per heavy atom. The zero-order valence-electron chi connectivity index (χ0n) is 14.0. The first kappa shape index (κ1) is 18.3. The lowest BCUT2D eigenvalue weighted by atomic mass is 10.1. The molecule has 1 aromatic heterocycles. The Morgan fingerprint density at radius 3 is 2.71 bits per heavy atom. The van der Waals surface area contributed by atoms with Gasteiger partial charge in [-0.15, -0.1) is 11.3 Å². The molecule has 2 amide bonds. The minimum Gasteiger partial charge on any atom is -0.338 e. The summed E-state index contributed by atoms with van der Waals surface area (Å²) in [4.78, 5) is 17.6. The molecule has 0 saturated heterocycles. The van der Waals surface area contributed by atoms with Gasteiger partial charge >= 0.3 is 6.03 Å². The first-order valence-electron chi connectivity index (χ1n) is 7.85. The van der Waals surface area contributed by atoms with Crippen LogP contribution >= 0.6 is 11.3 Å². The van der Waals surface area contributed by atoms with Crippen molar-refractivity contribution in [3.63, 3.8) is 0 Å². The number of carbonyl (C=O) groups excluding carboxylic acids is 1. The molecule has 0 aliphatic heterocycles. The second kappa shape index (κ2) is 8.19. The smallest absolute Gasteiger partial charge is 0.315 e. The molecule has 7 heteroatoms. The number of nitrogens with zero attached hydrogens (tertiary/aromatic N) is 1. The maximum atomic E-state index is 13.2. The maximum Gasteiger partial charge on any atom is 0.315 e. The second-order valence-electron chi connectivity index (χ2n) is 5.51. The predicted molar refractivity (Wildman–Crippen MR) is 91.2 cm³/mol. The lowest BCUT2D eigenvalue weighted by molar-refractivity contribution is 0.238. The fourth-order valence-corrected chi connectivity index (χ4v) is 3.34. The molecule has 2 aromatic rings. The van der Waals surface area contributed by atoms with Gasteiger partial charge in [0.15, 0.2) is 11.6 Å². The van der Waals surface area contributed by atoms with E-state index >= 15 is 0 Å². The summed E-state index contributed by atoms with van der Waals surface area (Å²) in [6, 6.07) is 2.82. The van der Waals surface area contributed by atoms with Crippen LogP contribution in [-0.4, -0.2) is 17.6 Å². The number of urea groups is 1. The van der Waals surface area contributed by atoms with E-state index in [9.17, 15) is 13.6 Å². The Balaban J connectivity index is 1.80. The third-order valence-electron chi connectivity index (χ3n) is 3.69. The van der Waals surface area contributed by atoms with Gasteiger partial charge in [0.05, 0.1) is 16.7 Å². The predicted octanol–water partition coefficient (Wildman–Crippen LogP) is 3.90. The normalized spacial score (nSPS) is 12.0. The zero-order valence-corrected chi connectivity index (χ0v) is 14.8. The van der Waals surface area contributed by atoms with Crippen LogP contribution in [0.3, 0.4) is 0 Å². The van der Waals surface area contributed by atoms with E-state index in [0.29, 0.717) is 18.5 Å². The molecular formula is C17H21F2N3OS. The SMILES string of the molecule is CCc1nc(CCNC(=O)NC(C)c2ccc(F)c(F)c2)sc1C. The molecule has 0 aliphatic rings. The van der Waals surface area contributed by atoms with Crippen LogP contribution in [0.4, 0.5) is 13.6 Å². The van der Waals surface area contributed by atoms with Gasteiger partial charge < -0.3 is 10.6 Å². The lowest BCUT2D eigenvalue weighted by Crippen LogP contribution is -2.38. The standard InChI is InChI=1S/C17H21F2N3OS/c1-4-15-11(3)24-16(22-15)7-8-20-17(23)21-10(2)12-5-6-13(18)14(19)9-12/h5-6,9-10H,4,7-8H2,1-3H3,(H2,20,21,23). The van der Waals surface area contributed by atoms with Crippen molar-refractivity contribution in [2.24, 2.45) is 0 Å². The fourth-order valence-electron chi connectivity index (χ4n) is 2.32. The Labute approximate surface area is 144 Å². The van der Waals surface area contributed by atoms with Gasteiger partial charge in [-0.25, -0.2) is 18.6 Å². The van der Waals surface area contributed by atoms with Crippen molar-refractivity contribution in [3.8, 4) is 0 Å². The lowest BCUT2D eigenvalue weighted by Gasteiger charge is -2.15. The van der Waals surface area contributed by atoms with Gasteiger partial charge in [0.1, 0.15) is 0 Å². The van der Waals surface area contributed by atoms with E-state index in [4.69, 9.17) is 0 Å². The Bertz CT molecular complexity index is 718. The number of halogens is 2. The van der Waals surface area contributed by atoms with Crippen LogP contribution < -0.4 is 10.6 Å². The van der Waals surface area contributed by atoms with Crippen LogP contribution in [0, 0.1) is 18.6 Å². The van der Waals surface area contributed by atoms with Crippen molar-refractivity contribution in [2.45, 2.75) is 39.7 Å². The highest BCUT2D eigenvalue weighted by molar-refractivity contribution is 7.11. The number of nitrogens with one attached hydrogen (secondary N) is 2. The molecule has 24 heavy (non-hydrogen) atoms. The Kier molecular flexibility index (Phi) is 6.25. The molecular weight excluding hydrogens is 332 g/mol. The van der Waals surface area contributed by atoms with Gasteiger partial charge in [0.2, 0.25) is 0 Å².